The van der Waals surface area contributed by atoms with Crippen LogP contribution in [0.25, 0.3) is 10.4 Å². The van der Waals surface area contributed by atoms with Crippen LogP contribution < -0.4 is 20.1 Å². The number of carbonyl (C=O) groups is 2. The second-order valence-corrected chi connectivity index (χ2v) is 13.1. The second-order valence-electron chi connectivity index (χ2n) is 12.1. The van der Waals surface area contributed by atoms with Crippen molar-refractivity contribution in [2.24, 2.45) is 29.4 Å². The highest BCUT2D eigenvalue weighted by Crippen LogP contribution is 2.40. The number of nitrogens with zero attached hydrogens (tertiary/aromatic N) is 2. The summed E-state index contributed by atoms with van der Waals surface area (Å²) < 4.78 is 10.8. The van der Waals surface area contributed by atoms with Gasteiger partial charge in [-0.2, -0.15) is 0 Å². The van der Waals surface area contributed by atoms with Gasteiger partial charge in [-0.3, -0.25) is 9.59 Å². The minimum atomic E-state index is -0.248. The van der Waals surface area contributed by atoms with E-state index in [1.165, 1.54) is 22.5 Å². The van der Waals surface area contributed by atoms with Gasteiger partial charge in [-0.05, 0) is 105 Å². The summed E-state index contributed by atoms with van der Waals surface area (Å²) >= 11 is 1.49. The van der Waals surface area contributed by atoms with Gasteiger partial charge < -0.3 is 20.1 Å². The molecule has 42 heavy (non-hydrogen) atoms. The zero-order valence-electron chi connectivity index (χ0n) is 25.2. The molecule has 0 bridgehead atoms. The summed E-state index contributed by atoms with van der Waals surface area (Å²) in [4.78, 5) is 33.6. The number of hydrogen-bond donors (Lipinski definition) is 1. The Bertz CT molecular complexity index is 1400. The van der Waals surface area contributed by atoms with Crippen LogP contribution in [0.3, 0.4) is 0 Å². The van der Waals surface area contributed by atoms with Crippen molar-refractivity contribution in [3.05, 3.63) is 59.8 Å². The molecule has 2 aliphatic rings. The number of primary amides is 1. The quantitative estimate of drug-likeness (QED) is 0.291. The van der Waals surface area contributed by atoms with E-state index in [1.54, 1.807) is 14.2 Å². The number of carbonyl (C=O) groups excluding carboxylic acids is 2. The molecule has 2 saturated carbocycles. The molecule has 5 rings (SSSR count). The van der Waals surface area contributed by atoms with Gasteiger partial charge in [0.05, 0.1) is 19.1 Å². The van der Waals surface area contributed by atoms with Gasteiger partial charge in [-0.25, -0.2) is 4.98 Å². The van der Waals surface area contributed by atoms with Crippen molar-refractivity contribution in [3.8, 4) is 21.4 Å². The van der Waals surface area contributed by atoms with Crippen molar-refractivity contribution in [1.82, 2.24) is 4.98 Å². The first-order valence-electron chi connectivity index (χ1n) is 15.1. The number of benzene rings is 2. The van der Waals surface area contributed by atoms with E-state index in [0.717, 1.165) is 47.6 Å². The van der Waals surface area contributed by atoms with E-state index in [0.29, 0.717) is 42.8 Å². The van der Waals surface area contributed by atoms with Gasteiger partial charge >= 0.3 is 0 Å². The lowest BCUT2D eigenvalue weighted by molar-refractivity contribution is -0.129. The molecule has 2 N–H and O–H groups in total. The average Bonchev–Trinajstić information content (AvgIpc) is 3.49. The third-order valence-corrected chi connectivity index (χ3v) is 10.4. The van der Waals surface area contributed by atoms with Gasteiger partial charge in [0.2, 0.25) is 11.8 Å². The van der Waals surface area contributed by atoms with Gasteiger partial charge in [-0.15, -0.1) is 0 Å². The van der Waals surface area contributed by atoms with Gasteiger partial charge in [0.25, 0.3) is 5.19 Å². The highest BCUT2D eigenvalue weighted by atomic mass is 32.1. The van der Waals surface area contributed by atoms with E-state index in [-0.39, 0.29) is 29.6 Å². The molecule has 2 aromatic carbocycles. The van der Waals surface area contributed by atoms with E-state index >= 15 is 0 Å². The highest BCUT2D eigenvalue weighted by molar-refractivity contribution is 7.16. The van der Waals surface area contributed by atoms with E-state index < -0.39 is 0 Å². The third-order valence-electron chi connectivity index (χ3n) is 9.43. The van der Waals surface area contributed by atoms with Crippen molar-refractivity contribution in [2.45, 2.75) is 64.7 Å². The standard InChI is InChI=1S/C34H43N3O4S/c1-21-16-27(12-14-29(21)32(35)38)33(39)37(28-7-5-6-26(18-28)31-19-36-34(41-4)42-31)20-23-8-10-24(11-9-23)25-13-15-30(40-3)22(2)17-25/h5-7,13,15,17-19,21,23-24,27,29H,8-12,14,16,20H2,1-4H3,(H2,35,38)/t21?,23-,24-,27?,29?. The number of methoxy groups -OCH3 is 2. The molecule has 3 atom stereocenters. The first kappa shape index (κ1) is 30.1. The van der Waals surface area contributed by atoms with Crippen LogP contribution in [0.4, 0.5) is 5.69 Å². The fourth-order valence-corrected chi connectivity index (χ4v) is 7.72. The molecule has 2 amide bonds. The molecular weight excluding hydrogens is 546 g/mol. The summed E-state index contributed by atoms with van der Waals surface area (Å²) in [5.74, 6) is 1.65. The van der Waals surface area contributed by atoms with E-state index in [9.17, 15) is 9.59 Å². The summed E-state index contributed by atoms with van der Waals surface area (Å²) in [6, 6.07) is 14.8. The number of aryl methyl sites for hydroxylation is 1. The number of aromatic nitrogens is 1. The van der Waals surface area contributed by atoms with Crippen LogP contribution in [0, 0.1) is 30.6 Å². The molecule has 0 spiro atoms. The van der Waals surface area contributed by atoms with Crippen LogP contribution in [0.1, 0.15) is 68.9 Å². The predicted octanol–water partition coefficient (Wildman–Crippen LogP) is 6.98. The number of hydrogen-bond acceptors (Lipinski definition) is 6. The Hall–Kier alpha value is -3.39. The fraction of sp³-hybridized carbons (Fsp3) is 0.500. The molecule has 0 radical (unpaired) electrons. The first-order chi connectivity index (χ1) is 20.3. The summed E-state index contributed by atoms with van der Waals surface area (Å²) in [7, 11) is 3.34. The minimum absolute atomic E-state index is 0.103. The number of amides is 2. The van der Waals surface area contributed by atoms with Crippen molar-refractivity contribution in [2.75, 3.05) is 25.7 Å². The summed E-state index contributed by atoms with van der Waals surface area (Å²) in [5.41, 5.74) is 10.2. The van der Waals surface area contributed by atoms with Crippen LogP contribution >= 0.6 is 11.3 Å². The normalized spacial score (nSPS) is 24.1. The highest BCUT2D eigenvalue weighted by Gasteiger charge is 2.37. The Labute approximate surface area is 253 Å². The van der Waals surface area contributed by atoms with Gasteiger partial charge in [-0.1, -0.05) is 42.5 Å². The molecular formula is C34H43N3O4S. The van der Waals surface area contributed by atoms with Gasteiger partial charge in [0.1, 0.15) is 5.75 Å². The lowest BCUT2D eigenvalue weighted by Crippen LogP contribution is -2.43. The molecule has 7 nitrogen and oxygen atoms in total. The molecule has 2 fully saturated rings. The molecule has 1 heterocycles. The van der Waals surface area contributed by atoms with E-state index in [1.807, 2.05) is 23.2 Å². The summed E-state index contributed by atoms with van der Waals surface area (Å²) in [5, 5.41) is 0.618. The largest absolute Gasteiger partial charge is 0.496 e. The minimum Gasteiger partial charge on any atom is -0.496 e. The van der Waals surface area contributed by atoms with E-state index in [4.69, 9.17) is 15.2 Å². The van der Waals surface area contributed by atoms with Gasteiger partial charge in [0, 0.05) is 30.3 Å². The number of nitrogens with two attached hydrogens (primary N) is 1. The van der Waals surface area contributed by atoms with Crippen molar-refractivity contribution >= 4 is 28.8 Å². The molecule has 1 aromatic heterocycles. The second kappa shape index (κ2) is 13.3. The van der Waals surface area contributed by atoms with Crippen LogP contribution in [-0.4, -0.2) is 37.6 Å². The summed E-state index contributed by atoms with van der Waals surface area (Å²) in [6.45, 7) is 4.86. The lowest BCUT2D eigenvalue weighted by atomic mass is 9.74. The molecule has 2 aliphatic carbocycles. The topological polar surface area (TPSA) is 94.8 Å². The zero-order valence-corrected chi connectivity index (χ0v) is 26.0. The maximum atomic E-state index is 14.2. The average molecular weight is 590 g/mol. The van der Waals surface area contributed by atoms with Crippen LogP contribution in [0.2, 0.25) is 0 Å². The summed E-state index contributed by atoms with van der Waals surface area (Å²) in [6.07, 6.45) is 8.27. The maximum absolute atomic E-state index is 14.2. The van der Waals surface area contributed by atoms with Crippen LogP contribution in [-0.2, 0) is 9.59 Å². The number of ether oxygens (including phenoxy) is 2. The Morgan fingerprint density at radius 2 is 1.81 bits per heavy atom. The van der Waals surface area contributed by atoms with Crippen molar-refractivity contribution in [1.29, 1.82) is 0 Å². The monoisotopic (exact) mass is 589 g/mol. The number of thiazole rings is 1. The van der Waals surface area contributed by atoms with Crippen molar-refractivity contribution in [3.63, 3.8) is 0 Å². The smallest absolute Gasteiger partial charge is 0.273 e. The Balaban J connectivity index is 1.35. The predicted molar refractivity (Wildman–Crippen MR) is 168 cm³/mol. The molecule has 3 unspecified atom stereocenters. The SMILES string of the molecule is COc1ncc(-c2cccc(N(C[C@H]3CC[C@H](c4ccc(OC)c(C)c4)CC3)C(=O)C3CCC(C(N)=O)C(C)C3)c2)s1. The Morgan fingerprint density at radius 3 is 2.45 bits per heavy atom. The van der Waals surface area contributed by atoms with Crippen molar-refractivity contribution < 1.29 is 19.1 Å². The zero-order chi connectivity index (χ0) is 29.8. The third kappa shape index (κ3) is 6.64. The van der Waals surface area contributed by atoms with Crippen LogP contribution in [0.5, 0.6) is 10.9 Å². The van der Waals surface area contributed by atoms with Gasteiger partial charge in [0.15, 0.2) is 0 Å². The number of anilines is 1. The maximum Gasteiger partial charge on any atom is 0.273 e. The molecule has 8 heteroatoms. The molecule has 0 aliphatic heterocycles. The Kier molecular flexibility index (Phi) is 9.51. The molecule has 0 saturated heterocycles. The fourth-order valence-electron chi connectivity index (χ4n) is 6.99. The van der Waals surface area contributed by atoms with E-state index in [2.05, 4.69) is 49.2 Å². The van der Waals surface area contributed by atoms with Crippen LogP contribution in [0.15, 0.2) is 48.7 Å². The number of rotatable bonds is 9. The molecule has 3 aromatic rings. The Morgan fingerprint density at radius 1 is 1.02 bits per heavy atom. The molecule has 224 valence electrons. The first-order valence-corrected chi connectivity index (χ1v) is 15.9. The lowest BCUT2D eigenvalue weighted by Gasteiger charge is -2.37.